The Morgan fingerprint density at radius 2 is 1.83 bits per heavy atom. The SMILES string of the molecule is C=CCN([C@@H](Cc1cn(C)c2ccccc12)C(=O)OC)S(=O)(=O)c1ccccc1. The molecular weight excluding hydrogens is 388 g/mol. The Kier molecular flexibility index (Phi) is 6.20. The minimum Gasteiger partial charge on any atom is -0.468 e. The normalized spacial score (nSPS) is 12.8. The van der Waals surface area contributed by atoms with Crippen LogP contribution >= 0.6 is 0 Å². The standard InChI is InChI=1S/C22H24N2O4S/c1-4-14-24(29(26,27)18-10-6-5-7-11-18)21(22(25)28-3)15-17-16-23(2)20-13-9-8-12-19(17)20/h4-13,16,21H,1,14-15H2,2-3H3/t21-/m0/s1. The van der Waals surface area contributed by atoms with Crippen LogP contribution in [0.5, 0.6) is 0 Å². The van der Waals surface area contributed by atoms with Crippen LogP contribution in [-0.4, -0.2) is 43.0 Å². The molecule has 0 radical (unpaired) electrons. The quantitative estimate of drug-likeness (QED) is 0.421. The monoisotopic (exact) mass is 412 g/mol. The summed E-state index contributed by atoms with van der Waals surface area (Å²) in [5.41, 5.74) is 1.88. The van der Waals surface area contributed by atoms with E-state index in [0.29, 0.717) is 0 Å². The van der Waals surface area contributed by atoms with Crippen LogP contribution in [0.4, 0.5) is 0 Å². The van der Waals surface area contributed by atoms with E-state index in [1.165, 1.54) is 25.3 Å². The lowest BCUT2D eigenvalue weighted by molar-refractivity contribution is -0.145. The van der Waals surface area contributed by atoms with Gasteiger partial charge in [0, 0.05) is 37.1 Å². The van der Waals surface area contributed by atoms with E-state index >= 15 is 0 Å². The van der Waals surface area contributed by atoms with Gasteiger partial charge in [-0.1, -0.05) is 42.5 Å². The number of sulfonamides is 1. The number of esters is 1. The number of nitrogens with zero attached hydrogens (tertiary/aromatic N) is 2. The van der Waals surface area contributed by atoms with Gasteiger partial charge in [0.2, 0.25) is 10.0 Å². The fourth-order valence-corrected chi connectivity index (χ4v) is 5.05. The number of carbonyl (C=O) groups is 1. The van der Waals surface area contributed by atoms with Crippen LogP contribution in [0.25, 0.3) is 10.9 Å². The topological polar surface area (TPSA) is 68.6 Å². The summed E-state index contributed by atoms with van der Waals surface area (Å²) in [5.74, 6) is -0.612. The van der Waals surface area contributed by atoms with Crippen molar-refractivity contribution in [1.29, 1.82) is 0 Å². The molecule has 152 valence electrons. The van der Waals surface area contributed by atoms with Crippen molar-refractivity contribution in [3.05, 3.63) is 79.0 Å². The third kappa shape index (κ3) is 4.11. The number of ether oxygens (including phenoxy) is 1. The lowest BCUT2D eigenvalue weighted by Gasteiger charge is -2.28. The van der Waals surface area contributed by atoms with Crippen molar-refractivity contribution in [3.8, 4) is 0 Å². The van der Waals surface area contributed by atoms with E-state index in [9.17, 15) is 13.2 Å². The van der Waals surface area contributed by atoms with E-state index in [0.717, 1.165) is 20.8 Å². The van der Waals surface area contributed by atoms with Gasteiger partial charge in [-0.3, -0.25) is 4.79 Å². The molecule has 0 spiro atoms. The third-order valence-corrected chi connectivity index (χ3v) is 6.76. The summed E-state index contributed by atoms with van der Waals surface area (Å²) in [6.45, 7) is 3.66. The number of fused-ring (bicyclic) bond motifs is 1. The smallest absolute Gasteiger partial charge is 0.324 e. The molecule has 3 rings (SSSR count). The molecule has 29 heavy (non-hydrogen) atoms. The van der Waals surface area contributed by atoms with Gasteiger partial charge in [0.1, 0.15) is 6.04 Å². The molecule has 3 aromatic rings. The molecule has 0 aliphatic carbocycles. The number of para-hydroxylation sites is 1. The molecule has 6 nitrogen and oxygen atoms in total. The molecule has 0 N–H and O–H groups in total. The van der Waals surface area contributed by atoms with E-state index in [1.807, 2.05) is 42.1 Å². The van der Waals surface area contributed by atoms with Crippen LogP contribution in [0.15, 0.2) is 78.3 Å². The van der Waals surface area contributed by atoms with Crippen LogP contribution < -0.4 is 0 Å². The van der Waals surface area contributed by atoms with Crippen molar-refractivity contribution in [2.24, 2.45) is 7.05 Å². The maximum atomic E-state index is 13.3. The van der Waals surface area contributed by atoms with Gasteiger partial charge < -0.3 is 9.30 Å². The van der Waals surface area contributed by atoms with Gasteiger partial charge in [0.25, 0.3) is 0 Å². The van der Waals surface area contributed by atoms with Gasteiger partial charge in [-0.2, -0.15) is 4.31 Å². The molecule has 0 aliphatic rings. The van der Waals surface area contributed by atoms with E-state index < -0.39 is 22.0 Å². The maximum absolute atomic E-state index is 13.3. The second-order valence-electron chi connectivity index (χ2n) is 6.70. The van der Waals surface area contributed by atoms with E-state index in [4.69, 9.17) is 4.74 Å². The van der Waals surface area contributed by atoms with Crippen LogP contribution in [0, 0.1) is 0 Å². The number of aromatic nitrogens is 1. The highest BCUT2D eigenvalue weighted by atomic mass is 32.2. The highest BCUT2D eigenvalue weighted by molar-refractivity contribution is 7.89. The predicted octanol–water partition coefficient (Wildman–Crippen LogP) is 3.14. The van der Waals surface area contributed by atoms with Crippen molar-refractivity contribution >= 4 is 26.9 Å². The molecule has 1 aromatic heterocycles. The zero-order valence-corrected chi connectivity index (χ0v) is 17.3. The number of hydrogen-bond acceptors (Lipinski definition) is 4. The maximum Gasteiger partial charge on any atom is 0.324 e. The Balaban J connectivity index is 2.08. The summed E-state index contributed by atoms with van der Waals surface area (Å²) in [6.07, 6.45) is 3.58. The molecule has 1 atom stereocenters. The molecule has 0 unspecified atom stereocenters. The highest BCUT2D eigenvalue weighted by Gasteiger charge is 2.36. The lowest BCUT2D eigenvalue weighted by atomic mass is 10.0. The number of carbonyl (C=O) groups excluding carboxylic acids is 1. The van der Waals surface area contributed by atoms with Crippen molar-refractivity contribution in [2.45, 2.75) is 17.4 Å². The molecule has 0 saturated heterocycles. The summed E-state index contributed by atoms with van der Waals surface area (Å²) in [5, 5.41) is 0.972. The molecule has 0 bridgehead atoms. The molecule has 7 heteroatoms. The average Bonchev–Trinajstić information content (AvgIpc) is 3.06. The third-order valence-electron chi connectivity index (χ3n) is 4.87. The van der Waals surface area contributed by atoms with Crippen molar-refractivity contribution < 1.29 is 17.9 Å². The first-order valence-corrected chi connectivity index (χ1v) is 10.6. The molecule has 0 aliphatic heterocycles. The second-order valence-corrected chi connectivity index (χ2v) is 8.59. The van der Waals surface area contributed by atoms with Crippen LogP contribution in [0.2, 0.25) is 0 Å². The number of benzene rings is 2. The number of hydrogen-bond donors (Lipinski definition) is 0. The summed E-state index contributed by atoms with van der Waals surface area (Å²) in [4.78, 5) is 12.8. The number of rotatable bonds is 8. The van der Waals surface area contributed by atoms with E-state index in [-0.39, 0.29) is 17.9 Å². The Bertz CT molecular complexity index is 1120. The van der Waals surface area contributed by atoms with Crippen molar-refractivity contribution in [2.75, 3.05) is 13.7 Å². The second kappa shape index (κ2) is 8.63. The van der Waals surface area contributed by atoms with Gasteiger partial charge in [0.05, 0.1) is 12.0 Å². The Hall–Kier alpha value is -2.90. The Morgan fingerprint density at radius 1 is 1.17 bits per heavy atom. The molecular formula is C22H24N2O4S. The number of aryl methyl sites for hydroxylation is 1. The fourth-order valence-electron chi connectivity index (χ4n) is 3.48. The first-order chi connectivity index (χ1) is 13.9. The van der Waals surface area contributed by atoms with Crippen LogP contribution in [0.3, 0.4) is 0 Å². The lowest BCUT2D eigenvalue weighted by Crippen LogP contribution is -2.46. The van der Waals surface area contributed by atoms with Gasteiger partial charge in [-0.25, -0.2) is 8.42 Å². The van der Waals surface area contributed by atoms with Crippen LogP contribution in [0.1, 0.15) is 5.56 Å². The average molecular weight is 413 g/mol. The largest absolute Gasteiger partial charge is 0.468 e. The Morgan fingerprint density at radius 3 is 2.48 bits per heavy atom. The fraction of sp³-hybridized carbons (Fsp3) is 0.227. The van der Waals surface area contributed by atoms with Gasteiger partial charge in [-0.15, -0.1) is 6.58 Å². The van der Waals surface area contributed by atoms with Gasteiger partial charge >= 0.3 is 5.97 Å². The van der Waals surface area contributed by atoms with Crippen molar-refractivity contribution in [3.63, 3.8) is 0 Å². The van der Waals surface area contributed by atoms with Gasteiger partial charge in [0.15, 0.2) is 0 Å². The zero-order valence-electron chi connectivity index (χ0n) is 16.5. The molecule has 0 amide bonds. The first-order valence-electron chi connectivity index (χ1n) is 9.18. The summed E-state index contributed by atoms with van der Waals surface area (Å²) < 4.78 is 34.7. The minimum absolute atomic E-state index is 0.0121. The van der Waals surface area contributed by atoms with E-state index in [2.05, 4.69) is 6.58 Å². The van der Waals surface area contributed by atoms with Crippen LogP contribution in [-0.2, 0) is 33.0 Å². The summed E-state index contributed by atoms with van der Waals surface area (Å²) in [6, 6.07) is 14.8. The summed E-state index contributed by atoms with van der Waals surface area (Å²) in [7, 11) is -0.748. The first kappa shape index (κ1) is 20.8. The summed E-state index contributed by atoms with van der Waals surface area (Å²) >= 11 is 0. The highest BCUT2D eigenvalue weighted by Crippen LogP contribution is 2.26. The predicted molar refractivity (Wildman–Crippen MR) is 113 cm³/mol. The van der Waals surface area contributed by atoms with Gasteiger partial charge in [-0.05, 0) is 23.8 Å². The molecule has 0 saturated carbocycles. The number of methoxy groups -OCH3 is 1. The van der Waals surface area contributed by atoms with E-state index in [1.54, 1.807) is 18.2 Å². The minimum atomic E-state index is -3.93. The zero-order chi connectivity index (χ0) is 21.0. The Labute approximate surface area is 171 Å². The molecule has 2 aromatic carbocycles. The molecule has 0 fully saturated rings. The van der Waals surface area contributed by atoms with Crippen molar-refractivity contribution in [1.82, 2.24) is 8.87 Å². The molecule has 1 heterocycles.